The lowest BCUT2D eigenvalue weighted by atomic mass is 9.78. The summed E-state index contributed by atoms with van der Waals surface area (Å²) in [6.45, 7) is 3.99. The van der Waals surface area contributed by atoms with Gasteiger partial charge >= 0.3 is 0 Å². The van der Waals surface area contributed by atoms with Gasteiger partial charge in [0.15, 0.2) is 11.5 Å². The van der Waals surface area contributed by atoms with Crippen molar-refractivity contribution in [3.8, 4) is 17.6 Å². The van der Waals surface area contributed by atoms with E-state index in [0.717, 1.165) is 27.6 Å². The molecule has 0 saturated carbocycles. The molecule has 1 N–H and O–H groups in total. The zero-order valence-electron chi connectivity index (χ0n) is 15.6. The highest BCUT2D eigenvalue weighted by Crippen LogP contribution is 2.39. The number of benzene rings is 2. The normalized spacial score (nSPS) is 14.6. The third-order valence-corrected chi connectivity index (χ3v) is 5.63. The largest absolute Gasteiger partial charge is 0.454 e. The molecule has 2 heterocycles. The zero-order valence-corrected chi connectivity index (χ0v) is 16.4. The molecular formula is C22H19ClN2O3. The SMILES string of the molecule is CCc1cc2ccc(C(C)(C#N)Cc3cc4c(cc3Cl)OCO4)cc2[nH]c1=O. The van der Waals surface area contributed by atoms with Gasteiger partial charge in [-0.2, -0.15) is 5.26 Å². The number of nitrogens with zero attached hydrogens (tertiary/aromatic N) is 1. The minimum atomic E-state index is -0.828. The predicted molar refractivity (Wildman–Crippen MR) is 108 cm³/mol. The second-order valence-electron chi connectivity index (χ2n) is 7.20. The number of aromatic nitrogens is 1. The fourth-order valence-corrected chi connectivity index (χ4v) is 3.75. The Balaban J connectivity index is 1.75. The van der Waals surface area contributed by atoms with Gasteiger partial charge in [0.05, 0.1) is 11.5 Å². The smallest absolute Gasteiger partial charge is 0.251 e. The second kappa shape index (κ2) is 6.88. The van der Waals surface area contributed by atoms with Gasteiger partial charge in [-0.05, 0) is 54.5 Å². The third kappa shape index (κ3) is 3.10. The number of pyridine rings is 1. The Morgan fingerprint density at radius 1 is 1.18 bits per heavy atom. The first kappa shape index (κ1) is 18.4. The number of hydrogen-bond donors (Lipinski definition) is 1. The number of fused-ring (bicyclic) bond motifs is 2. The molecule has 0 aliphatic carbocycles. The topological polar surface area (TPSA) is 75.1 Å². The van der Waals surface area contributed by atoms with E-state index in [1.54, 1.807) is 6.07 Å². The average Bonchev–Trinajstić information content (AvgIpc) is 3.14. The molecule has 0 saturated heterocycles. The molecular weight excluding hydrogens is 376 g/mol. The highest BCUT2D eigenvalue weighted by atomic mass is 35.5. The van der Waals surface area contributed by atoms with Crippen LogP contribution in [0.4, 0.5) is 0 Å². The molecule has 4 rings (SSSR count). The Labute approximate surface area is 167 Å². The molecule has 6 heteroatoms. The third-order valence-electron chi connectivity index (χ3n) is 5.27. The molecule has 5 nitrogen and oxygen atoms in total. The van der Waals surface area contributed by atoms with Crippen molar-refractivity contribution in [3.05, 3.63) is 68.5 Å². The number of nitriles is 1. The summed E-state index contributed by atoms with van der Waals surface area (Å²) in [4.78, 5) is 15.1. The molecule has 0 radical (unpaired) electrons. The standard InChI is InChI=1S/C22H19ClN2O3/c1-3-13-6-14-4-5-16(8-18(14)25-21(13)26)22(2,11-24)10-15-7-19-20(9-17(15)23)28-12-27-19/h4-9H,3,10,12H2,1-2H3,(H,25,26). The number of H-pyrrole nitrogens is 1. The van der Waals surface area contributed by atoms with Crippen molar-refractivity contribution in [2.75, 3.05) is 6.79 Å². The van der Waals surface area contributed by atoms with Crippen LogP contribution in [0.1, 0.15) is 30.5 Å². The molecule has 0 bridgehead atoms. The summed E-state index contributed by atoms with van der Waals surface area (Å²) >= 11 is 6.42. The molecule has 2 aromatic carbocycles. The van der Waals surface area contributed by atoms with Gasteiger partial charge in [-0.25, -0.2) is 0 Å². The molecule has 1 atom stereocenters. The highest BCUT2D eigenvalue weighted by Gasteiger charge is 2.29. The average molecular weight is 395 g/mol. The molecule has 1 aliphatic heterocycles. The van der Waals surface area contributed by atoms with Gasteiger partial charge < -0.3 is 14.5 Å². The van der Waals surface area contributed by atoms with Crippen molar-refractivity contribution < 1.29 is 9.47 Å². The molecule has 1 aromatic heterocycles. The number of rotatable bonds is 4. The molecule has 0 amide bonds. The lowest BCUT2D eigenvalue weighted by Crippen LogP contribution is -2.23. The van der Waals surface area contributed by atoms with Crippen molar-refractivity contribution in [3.63, 3.8) is 0 Å². The maximum Gasteiger partial charge on any atom is 0.251 e. The van der Waals surface area contributed by atoms with Gasteiger partial charge in [0, 0.05) is 22.2 Å². The number of halogens is 1. The van der Waals surface area contributed by atoms with Crippen LogP contribution in [-0.4, -0.2) is 11.8 Å². The van der Waals surface area contributed by atoms with Crippen molar-refractivity contribution in [1.29, 1.82) is 5.26 Å². The van der Waals surface area contributed by atoms with Crippen molar-refractivity contribution in [2.24, 2.45) is 0 Å². The van der Waals surface area contributed by atoms with E-state index >= 15 is 0 Å². The van der Waals surface area contributed by atoms with Gasteiger partial charge in [-0.15, -0.1) is 0 Å². The van der Waals surface area contributed by atoms with E-state index in [2.05, 4.69) is 11.1 Å². The molecule has 1 unspecified atom stereocenters. The second-order valence-corrected chi connectivity index (χ2v) is 7.60. The molecule has 0 spiro atoms. The van der Waals surface area contributed by atoms with Gasteiger partial charge in [0.1, 0.15) is 0 Å². The number of aryl methyl sites for hydroxylation is 1. The Bertz CT molecular complexity index is 1180. The Kier molecular flexibility index (Phi) is 4.52. The van der Waals surface area contributed by atoms with E-state index < -0.39 is 5.41 Å². The Hall–Kier alpha value is -2.97. The summed E-state index contributed by atoms with van der Waals surface area (Å²) in [5.41, 5.74) is 2.17. The molecule has 28 heavy (non-hydrogen) atoms. The Morgan fingerprint density at radius 3 is 2.64 bits per heavy atom. The van der Waals surface area contributed by atoms with Crippen molar-refractivity contribution in [1.82, 2.24) is 4.98 Å². The number of aromatic amines is 1. The molecule has 1 aliphatic rings. The molecule has 142 valence electrons. The summed E-state index contributed by atoms with van der Waals surface area (Å²) in [5, 5.41) is 11.5. The summed E-state index contributed by atoms with van der Waals surface area (Å²) in [6, 6.07) is 13.6. The first-order chi connectivity index (χ1) is 13.4. The highest BCUT2D eigenvalue weighted by molar-refractivity contribution is 6.31. The summed E-state index contributed by atoms with van der Waals surface area (Å²) in [5.74, 6) is 1.25. The lowest BCUT2D eigenvalue weighted by molar-refractivity contribution is 0.174. The number of ether oxygens (including phenoxy) is 2. The van der Waals surface area contributed by atoms with E-state index in [1.807, 2.05) is 44.2 Å². The quantitative estimate of drug-likeness (QED) is 0.707. The lowest BCUT2D eigenvalue weighted by Gasteiger charge is -2.23. The van der Waals surface area contributed by atoms with Crippen LogP contribution in [-0.2, 0) is 18.3 Å². The fraction of sp³-hybridized carbons (Fsp3) is 0.273. The van der Waals surface area contributed by atoms with E-state index in [9.17, 15) is 10.1 Å². The van der Waals surface area contributed by atoms with Crippen LogP contribution in [0.5, 0.6) is 11.5 Å². The zero-order chi connectivity index (χ0) is 19.9. The van der Waals surface area contributed by atoms with Crippen LogP contribution >= 0.6 is 11.6 Å². The van der Waals surface area contributed by atoms with Crippen molar-refractivity contribution >= 4 is 22.5 Å². The predicted octanol–water partition coefficient (Wildman–Crippen LogP) is 4.50. The van der Waals surface area contributed by atoms with Gasteiger partial charge in [0.2, 0.25) is 6.79 Å². The van der Waals surface area contributed by atoms with Crippen LogP contribution < -0.4 is 15.0 Å². The summed E-state index contributed by atoms with van der Waals surface area (Å²) < 4.78 is 10.8. The minimum absolute atomic E-state index is 0.0929. The van der Waals surface area contributed by atoms with Gasteiger partial charge in [0.25, 0.3) is 5.56 Å². The number of nitrogens with one attached hydrogen (secondary N) is 1. The maximum absolute atomic E-state index is 12.2. The van der Waals surface area contributed by atoms with E-state index in [0.29, 0.717) is 29.4 Å². The van der Waals surface area contributed by atoms with Crippen LogP contribution in [0.15, 0.2) is 41.2 Å². The van der Waals surface area contributed by atoms with Gasteiger partial charge in [-0.1, -0.05) is 30.7 Å². The van der Waals surface area contributed by atoms with E-state index in [4.69, 9.17) is 21.1 Å². The fourth-order valence-electron chi connectivity index (χ4n) is 3.53. The summed E-state index contributed by atoms with van der Waals surface area (Å²) in [7, 11) is 0. The van der Waals surface area contributed by atoms with Crippen LogP contribution in [0, 0.1) is 11.3 Å². The molecule has 3 aromatic rings. The Morgan fingerprint density at radius 2 is 1.93 bits per heavy atom. The van der Waals surface area contributed by atoms with E-state index in [-0.39, 0.29) is 12.4 Å². The van der Waals surface area contributed by atoms with Crippen LogP contribution in [0.3, 0.4) is 0 Å². The van der Waals surface area contributed by atoms with Crippen LogP contribution in [0.2, 0.25) is 5.02 Å². The monoisotopic (exact) mass is 394 g/mol. The van der Waals surface area contributed by atoms with Crippen molar-refractivity contribution in [2.45, 2.75) is 32.1 Å². The first-order valence-electron chi connectivity index (χ1n) is 9.09. The maximum atomic E-state index is 12.2. The number of hydrogen-bond acceptors (Lipinski definition) is 4. The summed E-state index contributed by atoms with van der Waals surface area (Å²) in [6.07, 6.45) is 1.08. The van der Waals surface area contributed by atoms with Gasteiger partial charge in [-0.3, -0.25) is 4.79 Å². The molecule has 0 fully saturated rings. The first-order valence-corrected chi connectivity index (χ1v) is 9.47. The van der Waals surface area contributed by atoms with Crippen LogP contribution in [0.25, 0.3) is 10.9 Å². The minimum Gasteiger partial charge on any atom is -0.454 e. The van der Waals surface area contributed by atoms with E-state index in [1.165, 1.54) is 0 Å².